The normalized spacial score (nSPS) is 11.0. The van der Waals surface area contributed by atoms with E-state index in [4.69, 9.17) is 11.6 Å². The molecule has 0 spiro atoms. The molecule has 5 nitrogen and oxygen atoms in total. The largest absolute Gasteiger partial charge is 0.396 e. The number of aromatic amines is 1. The van der Waals surface area contributed by atoms with Crippen LogP contribution in [0, 0.1) is 13.8 Å². The number of amides is 1. The van der Waals surface area contributed by atoms with E-state index in [1.54, 1.807) is 29.2 Å². The Balaban J connectivity index is 1.96. The second-order valence-electron chi connectivity index (χ2n) is 6.96. The van der Waals surface area contributed by atoms with Gasteiger partial charge < -0.3 is 15.0 Å². The summed E-state index contributed by atoms with van der Waals surface area (Å²) in [4.78, 5) is 30.0. The number of nitrogens with zero attached hydrogens (tertiary/aromatic N) is 1. The molecule has 0 saturated heterocycles. The molecular weight excluding hydrogens is 376 g/mol. The Morgan fingerprint density at radius 3 is 2.61 bits per heavy atom. The van der Waals surface area contributed by atoms with Crippen LogP contribution in [0.15, 0.2) is 47.3 Å². The van der Waals surface area contributed by atoms with Crippen LogP contribution < -0.4 is 5.56 Å². The lowest BCUT2D eigenvalue weighted by molar-refractivity contribution is 0.0731. The molecule has 3 rings (SSSR count). The second-order valence-corrected chi connectivity index (χ2v) is 7.40. The molecular formula is C22H23ClN2O3. The van der Waals surface area contributed by atoms with Crippen LogP contribution in [0.25, 0.3) is 10.9 Å². The van der Waals surface area contributed by atoms with E-state index in [1.807, 2.05) is 32.0 Å². The standard InChI is InChI=1S/C22H23ClN2O3/c1-14-9-17-11-18(21(27)24-20(17)10-15(14)2)13-25(7-4-8-26)22(28)16-5-3-6-19(23)12-16/h3,5-6,9-12,26H,4,7-8,13H2,1-2H3,(H,24,27). The Morgan fingerprint density at radius 1 is 1.14 bits per heavy atom. The van der Waals surface area contributed by atoms with Gasteiger partial charge in [-0.25, -0.2) is 0 Å². The molecule has 3 aromatic rings. The Kier molecular flexibility index (Phi) is 6.17. The van der Waals surface area contributed by atoms with Crippen molar-refractivity contribution in [3.63, 3.8) is 0 Å². The third kappa shape index (κ3) is 4.43. The Bertz CT molecular complexity index is 1080. The second kappa shape index (κ2) is 8.59. The summed E-state index contributed by atoms with van der Waals surface area (Å²) in [5.74, 6) is -0.226. The molecule has 28 heavy (non-hydrogen) atoms. The molecule has 0 fully saturated rings. The topological polar surface area (TPSA) is 73.4 Å². The molecule has 6 heteroatoms. The lowest BCUT2D eigenvalue weighted by atomic mass is 10.0. The molecule has 0 aliphatic rings. The van der Waals surface area contributed by atoms with Gasteiger partial charge in [0.25, 0.3) is 11.5 Å². The van der Waals surface area contributed by atoms with Gasteiger partial charge in [0.2, 0.25) is 0 Å². The third-order valence-corrected chi connectivity index (χ3v) is 5.08. The Labute approximate surface area is 168 Å². The SMILES string of the molecule is Cc1cc2cc(CN(CCCO)C(=O)c3cccc(Cl)c3)c(=O)[nH]c2cc1C. The van der Waals surface area contributed by atoms with E-state index in [9.17, 15) is 14.7 Å². The van der Waals surface area contributed by atoms with Crippen molar-refractivity contribution in [3.05, 3.63) is 80.1 Å². The number of H-pyrrole nitrogens is 1. The molecule has 0 unspecified atom stereocenters. The molecule has 1 heterocycles. The number of hydrogen-bond acceptors (Lipinski definition) is 3. The summed E-state index contributed by atoms with van der Waals surface area (Å²) < 4.78 is 0. The number of carbonyl (C=O) groups is 1. The minimum Gasteiger partial charge on any atom is -0.396 e. The first-order valence-electron chi connectivity index (χ1n) is 9.18. The molecule has 0 aliphatic carbocycles. The summed E-state index contributed by atoms with van der Waals surface area (Å²) in [5.41, 5.74) is 3.76. The van der Waals surface area contributed by atoms with Gasteiger partial charge in [0.05, 0.1) is 6.54 Å². The summed E-state index contributed by atoms with van der Waals surface area (Å²) in [5, 5.41) is 10.6. The summed E-state index contributed by atoms with van der Waals surface area (Å²) in [6, 6.07) is 12.5. The fourth-order valence-electron chi connectivity index (χ4n) is 3.16. The van der Waals surface area contributed by atoms with Crippen molar-refractivity contribution >= 4 is 28.4 Å². The zero-order chi connectivity index (χ0) is 20.3. The molecule has 0 bridgehead atoms. The van der Waals surface area contributed by atoms with Crippen molar-refractivity contribution < 1.29 is 9.90 Å². The number of benzene rings is 2. The quantitative estimate of drug-likeness (QED) is 0.662. The van der Waals surface area contributed by atoms with Crippen LogP contribution >= 0.6 is 11.6 Å². The molecule has 1 amide bonds. The summed E-state index contributed by atoms with van der Waals surface area (Å²) in [7, 11) is 0. The predicted molar refractivity (Wildman–Crippen MR) is 112 cm³/mol. The zero-order valence-corrected chi connectivity index (χ0v) is 16.7. The number of aryl methyl sites for hydroxylation is 2. The number of aliphatic hydroxyl groups is 1. The van der Waals surface area contributed by atoms with Crippen molar-refractivity contribution in [1.82, 2.24) is 9.88 Å². The van der Waals surface area contributed by atoms with Gasteiger partial charge in [0.15, 0.2) is 0 Å². The molecule has 1 aromatic heterocycles. The summed E-state index contributed by atoms with van der Waals surface area (Å²) in [6.45, 7) is 4.48. The minimum atomic E-state index is -0.226. The smallest absolute Gasteiger partial charge is 0.254 e. The molecule has 0 saturated carbocycles. The number of rotatable bonds is 6. The Morgan fingerprint density at radius 2 is 1.89 bits per heavy atom. The predicted octanol–water partition coefficient (Wildman–Crippen LogP) is 3.82. The van der Waals surface area contributed by atoms with E-state index in [2.05, 4.69) is 4.98 Å². The Hall–Kier alpha value is -2.63. The number of hydrogen-bond donors (Lipinski definition) is 2. The molecule has 0 atom stereocenters. The highest BCUT2D eigenvalue weighted by Crippen LogP contribution is 2.19. The number of fused-ring (bicyclic) bond motifs is 1. The van der Waals surface area contributed by atoms with Crippen molar-refractivity contribution in [3.8, 4) is 0 Å². The molecule has 2 N–H and O–H groups in total. The monoisotopic (exact) mass is 398 g/mol. The van der Waals surface area contributed by atoms with Gasteiger partial charge in [0, 0.05) is 34.8 Å². The van der Waals surface area contributed by atoms with Crippen LogP contribution in [0.2, 0.25) is 5.02 Å². The van der Waals surface area contributed by atoms with Crippen LogP contribution in [0.1, 0.15) is 33.5 Å². The highest BCUT2D eigenvalue weighted by atomic mass is 35.5. The van der Waals surface area contributed by atoms with Crippen molar-refractivity contribution in [2.75, 3.05) is 13.2 Å². The van der Waals surface area contributed by atoms with Gasteiger partial charge in [-0.3, -0.25) is 9.59 Å². The van der Waals surface area contributed by atoms with Crippen LogP contribution in [0.3, 0.4) is 0 Å². The molecule has 0 aliphatic heterocycles. The lowest BCUT2D eigenvalue weighted by Crippen LogP contribution is -2.34. The summed E-state index contributed by atoms with van der Waals surface area (Å²) >= 11 is 6.01. The summed E-state index contributed by atoms with van der Waals surface area (Å²) in [6.07, 6.45) is 0.427. The van der Waals surface area contributed by atoms with Crippen LogP contribution in [0.4, 0.5) is 0 Å². The first-order chi connectivity index (χ1) is 13.4. The van der Waals surface area contributed by atoms with Gasteiger partial charge >= 0.3 is 0 Å². The molecule has 146 valence electrons. The average molecular weight is 399 g/mol. The fourth-order valence-corrected chi connectivity index (χ4v) is 3.35. The van der Waals surface area contributed by atoms with Gasteiger partial charge in [-0.1, -0.05) is 17.7 Å². The first-order valence-corrected chi connectivity index (χ1v) is 9.55. The number of pyridine rings is 1. The van der Waals surface area contributed by atoms with E-state index < -0.39 is 0 Å². The number of halogens is 1. The van der Waals surface area contributed by atoms with Crippen LogP contribution in [-0.4, -0.2) is 34.0 Å². The number of nitrogens with one attached hydrogen (secondary N) is 1. The maximum Gasteiger partial charge on any atom is 0.254 e. The number of aromatic nitrogens is 1. The molecule has 0 radical (unpaired) electrons. The minimum absolute atomic E-state index is 0.0358. The maximum absolute atomic E-state index is 13.0. The number of aliphatic hydroxyl groups excluding tert-OH is 1. The first kappa shape index (κ1) is 20.1. The van der Waals surface area contributed by atoms with Crippen molar-refractivity contribution in [2.45, 2.75) is 26.8 Å². The highest BCUT2D eigenvalue weighted by molar-refractivity contribution is 6.30. The average Bonchev–Trinajstić information content (AvgIpc) is 2.66. The van der Waals surface area contributed by atoms with Crippen molar-refractivity contribution in [1.29, 1.82) is 0 Å². The van der Waals surface area contributed by atoms with Crippen LogP contribution in [-0.2, 0) is 6.54 Å². The van der Waals surface area contributed by atoms with Crippen LogP contribution in [0.5, 0.6) is 0 Å². The van der Waals surface area contributed by atoms with Gasteiger partial charge in [-0.15, -0.1) is 0 Å². The van der Waals surface area contributed by atoms with E-state index in [0.717, 1.165) is 22.0 Å². The third-order valence-electron chi connectivity index (χ3n) is 4.84. The van der Waals surface area contributed by atoms with Gasteiger partial charge in [-0.2, -0.15) is 0 Å². The highest BCUT2D eigenvalue weighted by Gasteiger charge is 2.18. The lowest BCUT2D eigenvalue weighted by Gasteiger charge is -2.22. The van der Waals surface area contributed by atoms with E-state index >= 15 is 0 Å². The van der Waals surface area contributed by atoms with E-state index in [-0.39, 0.29) is 24.6 Å². The molecule has 2 aromatic carbocycles. The number of carbonyl (C=O) groups excluding carboxylic acids is 1. The van der Waals surface area contributed by atoms with Crippen molar-refractivity contribution in [2.24, 2.45) is 0 Å². The van der Waals surface area contributed by atoms with Gasteiger partial charge in [0.1, 0.15) is 0 Å². The zero-order valence-electron chi connectivity index (χ0n) is 16.0. The maximum atomic E-state index is 13.0. The fraction of sp³-hybridized carbons (Fsp3) is 0.273. The van der Waals surface area contributed by atoms with Gasteiger partial charge in [-0.05, 0) is 73.2 Å². The van der Waals surface area contributed by atoms with E-state index in [1.165, 1.54) is 0 Å². The van der Waals surface area contributed by atoms with E-state index in [0.29, 0.717) is 29.1 Å².